The lowest BCUT2D eigenvalue weighted by Crippen LogP contribution is -2.35. The number of H-pyrrole nitrogens is 1. The fourth-order valence-corrected chi connectivity index (χ4v) is 2.18. The summed E-state index contributed by atoms with van der Waals surface area (Å²) in [4.78, 5) is 23.8. The van der Waals surface area contributed by atoms with Crippen LogP contribution in [0.3, 0.4) is 0 Å². The van der Waals surface area contributed by atoms with Gasteiger partial charge in [0, 0.05) is 19.5 Å². The normalized spacial score (nSPS) is 12.1. The van der Waals surface area contributed by atoms with Crippen LogP contribution in [0.15, 0.2) is 22.8 Å². The Morgan fingerprint density at radius 1 is 1.64 bits per heavy atom. The number of aromatic nitrogens is 2. The average Bonchev–Trinajstić information content (AvgIpc) is 3.12. The van der Waals surface area contributed by atoms with E-state index in [0.29, 0.717) is 12.8 Å². The summed E-state index contributed by atoms with van der Waals surface area (Å²) in [6, 6.07) is 3.56. The molecule has 0 radical (unpaired) electrons. The Hall–Kier alpha value is -2.35. The lowest BCUT2D eigenvalue weighted by Gasteiger charge is -2.23. The first-order chi connectivity index (χ1) is 10.4. The van der Waals surface area contributed by atoms with E-state index in [1.54, 1.807) is 19.4 Å². The molecule has 1 amide bonds. The van der Waals surface area contributed by atoms with Gasteiger partial charge < -0.3 is 19.4 Å². The third-order valence-electron chi connectivity index (χ3n) is 3.44. The largest absolute Gasteiger partial charge is 0.469 e. The van der Waals surface area contributed by atoms with Gasteiger partial charge in [-0.05, 0) is 30.4 Å². The van der Waals surface area contributed by atoms with E-state index in [2.05, 4.69) is 10.2 Å². The minimum atomic E-state index is -0.716. The van der Waals surface area contributed by atoms with Crippen LogP contribution in [0.2, 0.25) is 5.02 Å². The first kappa shape index (κ1) is 16.0. The predicted molar refractivity (Wildman–Crippen MR) is 78.8 cm³/mol. The number of hydrogen-bond donors (Lipinski definition) is 1. The minimum Gasteiger partial charge on any atom is -0.469 e. The van der Waals surface area contributed by atoms with Gasteiger partial charge in [-0.3, -0.25) is 4.79 Å². The Bertz CT molecular complexity index is 668. The molecule has 0 spiro atoms. The van der Waals surface area contributed by atoms with Crippen molar-refractivity contribution in [3.05, 3.63) is 45.0 Å². The highest BCUT2D eigenvalue weighted by Gasteiger charge is 2.28. The molecule has 0 bridgehead atoms. The fraction of sp³-hybridized carbons (Fsp3) is 0.385. The van der Waals surface area contributed by atoms with E-state index in [4.69, 9.17) is 16.0 Å². The molecule has 0 fully saturated rings. The number of rotatable bonds is 6. The number of carbonyl (C=O) groups excluding carboxylic acids is 1. The van der Waals surface area contributed by atoms with Gasteiger partial charge in [0.25, 0.3) is 5.91 Å². The van der Waals surface area contributed by atoms with Gasteiger partial charge in [0.2, 0.25) is 0 Å². The van der Waals surface area contributed by atoms with Gasteiger partial charge in [0.05, 0.1) is 6.26 Å². The topological polar surface area (TPSA) is 105 Å². The number of aryl methyl sites for hydroxylation is 1. The summed E-state index contributed by atoms with van der Waals surface area (Å²) in [5.41, 5.74) is -0.152. The second-order valence-electron chi connectivity index (χ2n) is 4.88. The van der Waals surface area contributed by atoms with Crippen molar-refractivity contribution in [1.29, 1.82) is 0 Å². The van der Waals surface area contributed by atoms with Crippen LogP contribution in [0, 0.1) is 10.1 Å². The van der Waals surface area contributed by atoms with Crippen molar-refractivity contribution in [2.75, 3.05) is 7.05 Å². The van der Waals surface area contributed by atoms with Gasteiger partial charge in [0.15, 0.2) is 10.7 Å². The van der Waals surface area contributed by atoms with Crippen LogP contribution in [-0.2, 0) is 6.42 Å². The first-order valence-electron chi connectivity index (χ1n) is 6.59. The standard InChI is InChI=1S/C13H15ClN4O4/c1-8(5-6-9-4-3-7-22-9)17(2)13(19)11-10(14)12(16-15-11)18(20)21/h3-4,7-8H,5-6H2,1-2H3,(H,15,16). The maximum Gasteiger partial charge on any atom is 0.362 e. The van der Waals surface area contributed by atoms with Crippen LogP contribution in [0.1, 0.15) is 29.6 Å². The first-order valence-corrected chi connectivity index (χ1v) is 6.97. The number of nitro groups is 1. The second kappa shape index (κ2) is 6.61. The number of aromatic amines is 1. The van der Waals surface area contributed by atoms with Crippen LogP contribution in [0.4, 0.5) is 5.82 Å². The summed E-state index contributed by atoms with van der Waals surface area (Å²) in [6.07, 6.45) is 2.96. The van der Waals surface area contributed by atoms with Gasteiger partial charge in [-0.1, -0.05) is 16.7 Å². The number of furan rings is 1. The smallest absolute Gasteiger partial charge is 0.362 e. The fourth-order valence-electron chi connectivity index (χ4n) is 1.95. The van der Waals surface area contributed by atoms with Crippen molar-refractivity contribution in [1.82, 2.24) is 15.1 Å². The molecule has 0 aliphatic carbocycles. The zero-order chi connectivity index (χ0) is 16.3. The summed E-state index contributed by atoms with van der Waals surface area (Å²) in [5, 5.41) is 16.2. The van der Waals surface area contributed by atoms with Crippen molar-refractivity contribution < 1.29 is 14.1 Å². The van der Waals surface area contributed by atoms with Gasteiger partial charge >= 0.3 is 5.82 Å². The zero-order valence-electron chi connectivity index (χ0n) is 12.1. The summed E-state index contributed by atoms with van der Waals surface area (Å²) in [7, 11) is 1.60. The van der Waals surface area contributed by atoms with Gasteiger partial charge in [-0.15, -0.1) is 5.10 Å². The van der Waals surface area contributed by atoms with Crippen molar-refractivity contribution in [3.63, 3.8) is 0 Å². The monoisotopic (exact) mass is 326 g/mol. The molecule has 118 valence electrons. The number of nitrogens with zero attached hydrogens (tertiary/aromatic N) is 3. The molecule has 0 aliphatic heterocycles. The molecule has 2 aromatic rings. The molecule has 1 N–H and O–H groups in total. The quantitative estimate of drug-likeness (QED) is 0.649. The molecule has 0 saturated carbocycles. The summed E-state index contributed by atoms with van der Waals surface area (Å²) in [6.45, 7) is 1.87. The maximum atomic E-state index is 12.3. The number of nitrogens with one attached hydrogen (secondary N) is 1. The molecule has 9 heteroatoms. The lowest BCUT2D eigenvalue weighted by molar-refractivity contribution is -0.389. The summed E-state index contributed by atoms with van der Waals surface area (Å²) in [5.74, 6) is -0.121. The number of halogens is 1. The van der Waals surface area contributed by atoms with Crippen molar-refractivity contribution in [2.24, 2.45) is 0 Å². The molecule has 0 aromatic carbocycles. The third kappa shape index (κ3) is 3.28. The van der Waals surface area contributed by atoms with Crippen molar-refractivity contribution in [3.8, 4) is 0 Å². The number of amides is 1. The van der Waals surface area contributed by atoms with Crippen LogP contribution in [0.5, 0.6) is 0 Å². The molecular weight excluding hydrogens is 312 g/mol. The minimum absolute atomic E-state index is 0.107. The Balaban J connectivity index is 2.03. The number of carbonyl (C=O) groups is 1. The summed E-state index contributed by atoms with van der Waals surface area (Å²) >= 11 is 5.82. The van der Waals surface area contributed by atoms with Gasteiger partial charge in [-0.2, -0.15) is 0 Å². The third-order valence-corrected chi connectivity index (χ3v) is 3.80. The second-order valence-corrected chi connectivity index (χ2v) is 5.25. The van der Waals surface area contributed by atoms with Crippen LogP contribution in [0.25, 0.3) is 0 Å². The van der Waals surface area contributed by atoms with Crippen LogP contribution in [-0.4, -0.2) is 39.0 Å². The van der Waals surface area contributed by atoms with Crippen LogP contribution >= 0.6 is 11.6 Å². The SMILES string of the molecule is CC(CCc1ccco1)N(C)C(=O)c1n[nH]c([N+](=O)[O-])c1Cl. The van der Waals surface area contributed by atoms with E-state index in [-0.39, 0.29) is 16.8 Å². The molecule has 1 atom stereocenters. The summed E-state index contributed by atoms with van der Waals surface area (Å²) < 4.78 is 5.24. The van der Waals surface area contributed by atoms with Gasteiger partial charge in [-0.25, -0.2) is 0 Å². The maximum absolute atomic E-state index is 12.3. The van der Waals surface area contributed by atoms with Crippen molar-refractivity contribution >= 4 is 23.3 Å². The highest BCUT2D eigenvalue weighted by Crippen LogP contribution is 2.26. The van der Waals surface area contributed by atoms with Crippen molar-refractivity contribution in [2.45, 2.75) is 25.8 Å². The van der Waals surface area contributed by atoms with E-state index >= 15 is 0 Å². The molecular formula is C13H15ClN4O4. The van der Waals surface area contributed by atoms with E-state index in [1.165, 1.54) is 4.90 Å². The van der Waals surface area contributed by atoms with E-state index < -0.39 is 16.6 Å². The predicted octanol–water partition coefficient (Wildman–Crippen LogP) is 2.66. The van der Waals surface area contributed by atoms with Gasteiger partial charge in [0.1, 0.15) is 5.76 Å². The molecule has 22 heavy (non-hydrogen) atoms. The Kier molecular flexibility index (Phi) is 4.81. The number of hydrogen-bond acceptors (Lipinski definition) is 5. The lowest BCUT2D eigenvalue weighted by atomic mass is 10.1. The molecule has 2 rings (SSSR count). The Morgan fingerprint density at radius 3 is 2.91 bits per heavy atom. The van der Waals surface area contributed by atoms with E-state index in [9.17, 15) is 14.9 Å². The highest BCUT2D eigenvalue weighted by molar-refractivity contribution is 6.35. The molecule has 1 unspecified atom stereocenters. The average molecular weight is 327 g/mol. The molecule has 0 saturated heterocycles. The molecule has 2 aromatic heterocycles. The molecule has 8 nitrogen and oxygen atoms in total. The highest BCUT2D eigenvalue weighted by atomic mass is 35.5. The zero-order valence-corrected chi connectivity index (χ0v) is 12.8. The van der Waals surface area contributed by atoms with E-state index in [1.807, 2.05) is 13.0 Å². The van der Waals surface area contributed by atoms with E-state index in [0.717, 1.165) is 5.76 Å². The molecule has 0 aliphatic rings. The molecule has 2 heterocycles. The Morgan fingerprint density at radius 2 is 2.36 bits per heavy atom. The Labute approximate surface area is 131 Å². The van der Waals surface area contributed by atoms with Crippen LogP contribution < -0.4 is 0 Å².